The summed E-state index contributed by atoms with van der Waals surface area (Å²) in [7, 11) is 3.39. The lowest BCUT2D eigenvalue weighted by molar-refractivity contribution is -0.137. The maximum atomic E-state index is 13.6. The van der Waals surface area contributed by atoms with E-state index in [2.05, 4.69) is 5.32 Å². The first-order chi connectivity index (χ1) is 16.3. The van der Waals surface area contributed by atoms with Crippen molar-refractivity contribution < 1.29 is 19.4 Å². The summed E-state index contributed by atoms with van der Waals surface area (Å²) < 4.78 is 11.0. The lowest BCUT2D eigenvalue weighted by Crippen LogP contribution is -2.55. The number of methoxy groups -OCH3 is 1. The topological polar surface area (TPSA) is 71.0 Å². The number of rotatable bonds is 11. The van der Waals surface area contributed by atoms with E-state index in [1.807, 2.05) is 93.7 Å². The van der Waals surface area contributed by atoms with Gasteiger partial charge in [-0.2, -0.15) is 0 Å². The summed E-state index contributed by atoms with van der Waals surface area (Å²) in [6.07, 6.45) is -0.804. The number of carbonyl (C=O) groups is 1. The number of hydrogen-bond acceptors (Lipinski definition) is 5. The number of nitrogens with zero attached hydrogens (tertiary/aromatic N) is 1. The molecule has 0 aromatic heterocycles. The molecule has 3 aromatic carbocycles. The van der Waals surface area contributed by atoms with E-state index in [0.717, 1.165) is 11.1 Å². The van der Waals surface area contributed by atoms with Crippen LogP contribution >= 0.6 is 0 Å². The Kier molecular flexibility index (Phi) is 8.68. The number of β-amino-alcohol motifs (C(OH)–C–C–N with tert-alkyl or cyclic N) is 1. The lowest BCUT2D eigenvalue weighted by atomic mass is 9.94. The third kappa shape index (κ3) is 6.37. The van der Waals surface area contributed by atoms with Gasteiger partial charge in [0.1, 0.15) is 12.7 Å². The van der Waals surface area contributed by atoms with Crippen molar-refractivity contribution in [1.82, 2.24) is 10.2 Å². The van der Waals surface area contributed by atoms with Gasteiger partial charge in [-0.15, -0.1) is 0 Å². The van der Waals surface area contributed by atoms with Gasteiger partial charge in [-0.3, -0.25) is 4.79 Å². The molecule has 1 atom stereocenters. The third-order valence-electron chi connectivity index (χ3n) is 5.75. The molecule has 6 heteroatoms. The molecule has 34 heavy (non-hydrogen) atoms. The zero-order valence-electron chi connectivity index (χ0n) is 20.3. The summed E-state index contributed by atoms with van der Waals surface area (Å²) in [6.45, 7) is 3.92. The molecule has 3 aromatic rings. The summed E-state index contributed by atoms with van der Waals surface area (Å²) in [6, 6.07) is 27.0. The van der Waals surface area contributed by atoms with Crippen LogP contribution in [-0.2, 0) is 4.79 Å². The molecule has 1 amide bonds. The second kappa shape index (κ2) is 11.7. The Bertz CT molecular complexity index is 1000. The van der Waals surface area contributed by atoms with Crippen molar-refractivity contribution in [2.45, 2.75) is 31.5 Å². The van der Waals surface area contributed by atoms with Gasteiger partial charge >= 0.3 is 0 Å². The quantitative estimate of drug-likeness (QED) is 0.450. The number of nitrogens with one attached hydrogen (secondary N) is 1. The molecule has 0 saturated carbocycles. The van der Waals surface area contributed by atoms with Gasteiger partial charge in [0.15, 0.2) is 11.5 Å². The average Bonchev–Trinajstić information content (AvgIpc) is 2.87. The molecular weight excluding hydrogens is 428 g/mol. The van der Waals surface area contributed by atoms with Crippen molar-refractivity contribution >= 4 is 5.91 Å². The number of para-hydroxylation sites is 2. The van der Waals surface area contributed by atoms with Crippen LogP contribution in [0.15, 0.2) is 84.9 Å². The summed E-state index contributed by atoms with van der Waals surface area (Å²) in [5.41, 5.74) is 1.17. The Balaban J connectivity index is 1.65. The van der Waals surface area contributed by atoms with Crippen molar-refractivity contribution in [3.63, 3.8) is 0 Å². The number of benzene rings is 3. The minimum Gasteiger partial charge on any atom is -0.493 e. The van der Waals surface area contributed by atoms with E-state index >= 15 is 0 Å². The highest BCUT2D eigenvalue weighted by molar-refractivity contribution is 5.86. The van der Waals surface area contributed by atoms with E-state index in [9.17, 15) is 9.90 Å². The van der Waals surface area contributed by atoms with Crippen molar-refractivity contribution in [2.24, 2.45) is 0 Å². The Morgan fingerprint density at radius 1 is 0.912 bits per heavy atom. The number of ether oxygens (including phenoxy) is 2. The zero-order valence-corrected chi connectivity index (χ0v) is 20.3. The molecule has 0 spiro atoms. The molecule has 1 unspecified atom stereocenters. The molecule has 180 valence electrons. The largest absolute Gasteiger partial charge is 0.493 e. The van der Waals surface area contributed by atoms with Crippen molar-refractivity contribution in [3.05, 3.63) is 96.1 Å². The molecule has 3 rings (SSSR count). The van der Waals surface area contributed by atoms with E-state index in [1.54, 1.807) is 24.1 Å². The van der Waals surface area contributed by atoms with Gasteiger partial charge in [0.2, 0.25) is 5.91 Å². The Labute approximate surface area is 202 Å². The molecule has 6 nitrogen and oxygen atoms in total. The first kappa shape index (κ1) is 25.3. The second-order valence-corrected chi connectivity index (χ2v) is 8.76. The van der Waals surface area contributed by atoms with Gasteiger partial charge < -0.3 is 24.8 Å². The highest BCUT2D eigenvalue weighted by Gasteiger charge is 2.34. The molecule has 2 N–H and O–H groups in total. The minimum atomic E-state index is -0.901. The minimum absolute atomic E-state index is 0.0736. The van der Waals surface area contributed by atoms with Gasteiger partial charge in [-0.25, -0.2) is 0 Å². The predicted octanol–water partition coefficient (Wildman–Crippen LogP) is 4.05. The van der Waals surface area contributed by atoms with Gasteiger partial charge in [0.25, 0.3) is 0 Å². The normalized spacial score (nSPS) is 12.3. The molecule has 0 bridgehead atoms. The highest BCUT2D eigenvalue weighted by atomic mass is 16.5. The summed E-state index contributed by atoms with van der Waals surface area (Å²) in [5, 5.41) is 13.7. The number of hydrogen-bond donors (Lipinski definition) is 2. The summed E-state index contributed by atoms with van der Waals surface area (Å²) >= 11 is 0. The average molecular weight is 463 g/mol. The Morgan fingerprint density at radius 2 is 1.41 bits per heavy atom. The monoisotopic (exact) mass is 462 g/mol. The third-order valence-corrected chi connectivity index (χ3v) is 5.75. The second-order valence-electron chi connectivity index (χ2n) is 8.76. The number of aliphatic hydroxyl groups is 1. The van der Waals surface area contributed by atoms with Crippen LogP contribution in [0.1, 0.15) is 31.0 Å². The number of likely N-dealkylation sites (N-methyl/N-ethyl adjacent to an activating group) is 1. The fourth-order valence-corrected chi connectivity index (χ4v) is 3.90. The SMILES string of the molecule is COc1ccccc1OCC(O)CNC(C)(C)C(=O)N(C)C(c1ccccc1)c1ccccc1. The first-order valence-corrected chi connectivity index (χ1v) is 11.4. The Hall–Kier alpha value is -3.35. The predicted molar refractivity (Wildman–Crippen MR) is 134 cm³/mol. The fraction of sp³-hybridized carbons (Fsp3) is 0.321. The summed E-state index contributed by atoms with van der Waals surface area (Å²) in [5.74, 6) is 1.09. The molecule has 0 aliphatic carbocycles. The van der Waals surface area contributed by atoms with Crippen LogP contribution in [0.25, 0.3) is 0 Å². The zero-order chi connectivity index (χ0) is 24.6. The van der Waals surface area contributed by atoms with Crippen molar-refractivity contribution in [2.75, 3.05) is 27.3 Å². The smallest absolute Gasteiger partial charge is 0.242 e. The van der Waals surface area contributed by atoms with E-state index in [1.165, 1.54) is 0 Å². The van der Waals surface area contributed by atoms with Gasteiger partial charge in [0.05, 0.1) is 18.7 Å². The van der Waals surface area contributed by atoms with Crippen LogP contribution in [0.2, 0.25) is 0 Å². The highest BCUT2D eigenvalue weighted by Crippen LogP contribution is 2.29. The molecule has 0 aliphatic rings. The molecular formula is C28H34N2O4. The van der Waals surface area contributed by atoms with Crippen LogP contribution in [0.3, 0.4) is 0 Å². The van der Waals surface area contributed by atoms with Gasteiger partial charge in [-0.1, -0.05) is 72.8 Å². The summed E-state index contributed by atoms with van der Waals surface area (Å²) in [4.78, 5) is 15.3. The molecule has 0 aliphatic heterocycles. The van der Waals surface area contributed by atoms with Gasteiger partial charge in [0, 0.05) is 13.6 Å². The number of amides is 1. The van der Waals surface area contributed by atoms with E-state index in [0.29, 0.717) is 11.5 Å². The molecule has 0 fully saturated rings. The maximum absolute atomic E-state index is 13.6. The first-order valence-electron chi connectivity index (χ1n) is 11.4. The lowest BCUT2D eigenvalue weighted by Gasteiger charge is -2.36. The number of aliphatic hydroxyl groups excluding tert-OH is 1. The van der Waals surface area contributed by atoms with Gasteiger partial charge in [-0.05, 0) is 37.1 Å². The van der Waals surface area contributed by atoms with E-state index in [-0.39, 0.29) is 25.1 Å². The number of carbonyl (C=O) groups excluding carboxylic acids is 1. The van der Waals surface area contributed by atoms with Crippen molar-refractivity contribution in [1.29, 1.82) is 0 Å². The van der Waals surface area contributed by atoms with E-state index in [4.69, 9.17) is 9.47 Å². The van der Waals surface area contributed by atoms with Crippen LogP contribution < -0.4 is 14.8 Å². The van der Waals surface area contributed by atoms with Crippen molar-refractivity contribution in [3.8, 4) is 11.5 Å². The van der Waals surface area contributed by atoms with Crippen LogP contribution in [-0.4, -0.2) is 54.9 Å². The molecule has 0 radical (unpaired) electrons. The van der Waals surface area contributed by atoms with Crippen LogP contribution in [0, 0.1) is 0 Å². The van der Waals surface area contributed by atoms with Crippen LogP contribution in [0.4, 0.5) is 0 Å². The fourth-order valence-electron chi connectivity index (χ4n) is 3.90. The maximum Gasteiger partial charge on any atom is 0.242 e. The Morgan fingerprint density at radius 3 is 1.94 bits per heavy atom. The van der Waals surface area contributed by atoms with E-state index < -0.39 is 11.6 Å². The molecule has 0 saturated heterocycles. The van der Waals surface area contributed by atoms with Crippen LogP contribution in [0.5, 0.6) is 11.5 Å². The standard InChI is InChI=1S/C28H34N2O4/c1-28(2,29-19-23(31)20-34-25-18-12-11-17-24(25)33-4)27(32)30(3)26(21-13-7-5-8-14-21)22-15-9-6-10-16-22/h5-18,23,26,29,31H,19-20H2,1-4H3. The molecule has 0 heterocycles.